The van der Waals surface area contributed by atoms with Crippen LogP contribution in [0.1, 0.15) is 39.0 Å². The Bertz CT molecular complexity index is 900. The van der Waals surface area contributed by atoms with E-state index in [1.807, 2.05) is 19.1 Å². The summed E-state index contributed by atoms with van der Waals surface area (Å²) >= 11 is 6.18. The van der Waals surface area contributed by atoms with Crippen molar-refractivity contribution in [3.63, 3.8) is 0 Å². The van der Waals surface area contributed by atoms with Gasteiger partial charge in [0, 0.05) is 17.0 Å². The number of Topliss-reactive ketones (excluding diaryl/α,β-unsaturated/α-hetero) is 1. The maximum Gasteiger partial charge on any atom is 0.287 e. The number of nitrogens with one attached hydrogen (secondary N) is 1. The van der Waals surface area contributed by atoms with Crippen LogP contribution in [0.3, 0.4) is 0 Å². The monoisotopic (exact) mass is 479 g/mol. The largest absolute Gasteiger partial charge is 0.363 e. The van der Waals surface area contributed by atoms with Crippen molar-refractivity contribution >= 4 is 29.2 Å². The van der Waals surface area contributed by atoms with Gasteiger partial charge in [-0.25, -0.2) is 4.39 Å². The highest BCUT2D eigenvalue weighted by Crippen LogP contribution is 2.36. The number of amides is 2. The van der Waals surface area contributed by atoms with E-state index in [9.17, 15) is 18.8 Å². The summed E-state index contributed by atoms with van der Waals surface area (Å²) < 4.78 is 20.4. The first-order chi connectivity index (χ1) is 15.7. The lowest BCUT2D eigenvalue weighted by atomic mass is 9.87. The van der Waals surface area contributed by atoms with Crippen LogP contribution in [0, 0.1) is 17.8 Å². The van der Waals surface area contributed by atoms with E-state index in [1.54, 1.807) is 18.2 Å². The number of nitrogens with two attached hydrogens (primary N) is 2. The first-order valence-electron chi connectivity index (χ1n) is 11.3. The van der Waals surface area contributed by atoms with Crippen LogP contribution in [-0.4, -0.2) is 41.9 Å². The van der Waals surface area contributed by atoms with Crippen molar-refractivity contribution in [3.05, 3.63) is 47.3 Å². The molecule has 3 rings (SSSR count). The Morgan fingerprint density at radius 2 is 1.91 bits per heavy atom. The number of halogens is 2. The molecule has 180 valence electrons. The summed E-state index contributed by atoms with van der Waals surface area (Å²) in [5.41, 5.74) is 11.6. The van der Waals surface area contributed by atoms with Crippen molar-refractivity contribution in [1.82, 2.24) is 5.32 Å². The van der Waals surface area contributed by atoms with Crippen LogP contribution in [0.4, 0.5) is 4.39 Å². The molecule has 7 nitrogen and oxygen atoms in total. The zero-order chi connectivity index (χ0) is 24.1. The van der Waals surface area contributed by atoms with Crippen LogP contribution in [0.25, 0.3) is 0 Å². The lowest BCUT2D eigenvalue weighted by molar-refractivity contribution is -0.142. The van der Waals surface area contributed by atoms with Crippen molar-refractivity contribution in [2.45, 2.75) is 63.3 Å². The van der Waals surface area contributed by atoms with Gasteiger partial charge in [-0.3, -0.25) is 14.4 Å². The molecular formula is C24H31ClFN3O4. The Kier molecular flexibility index (Phi) is 8.62. The van der Waals surface area contributed by atoms with Crippen LogP contribution in [-0.2, 0) is 19.1 Å². The highest BCUT2D eigenvalue weighted by Gasteiger charge is 2.43. The van der Waals surface area contributed by atoms with Gasteiger partial charge in [-0.15, -0.1) is 0 Å². The van der Waals surface area contributed by atoms with Crippen LogP contribution in [0.15, 0.2) is 47.3 Å². The Balaban J connectivity index is 1.76. The van der Waals surface area contributed by atoms with E-state index in [-0.39, 0.29) is 24.4 Å². The quantitative estimate of drug-likeness (QED) is 0.415. The fourth-order valence-electron chi connectivity index (χ4n) is 4.21. The minimum absolute atomic E-state index is 0.0820. The van der Waals surface area contributed by atoms with Gasteiger partial charge in [-0.1, -0.05) is 42.8 Å². The average molecular weight is 480 g/mol. The fraction of sp³-hybridized carbons (Fsp3) is 0.542. The third-order valence-corrected chi connectivity index (χ3v) is 6.66. The normalized spacial score (nSPS) is 29.2. The topological polar surface area (TPSA) is 125 Å². The summed E-state index contributed by atoms with van der Waals surface area (Å²) in [5, 5.41) is 3.24. The number of hydrogen-bond acceptors (Lipinski definition) is 5. The maximum atomic E-state index is 14.4. The summed E-state index contributed by atoms with van der Waals surface area (Å²) in [7, 11) is 0. The van der Waals surface area contributed by atoms with Crippen LogP contribution in [0.5, 0.6) is 0 Å². The van der Waals surface area contributed by atoms with Crippen LogP contribution in [0.2, 0.25) is 0 Å². The van der Waals surface area contributed by atoms with E-state index in [0.717, 1.165) is 6.42 Å². The molecule has 1 fully saturated rings. The van der Waals surface area contributed by atoms with E-state index in [1.165, 1.54) is 6.08 Å². The van der Waals surface area contributed by atoms with E-state index in [2.05, 4.69) is 5.32 Å². The van der Waals surface area contributed by atoms with Crippen molar-refractivity contribution < 1.29 is 23.5 Å². The van der Waals surface area contributed by atoms with Crippen molar-refractivity contribution in [2.75, 3.05) is 0 Å². The third-order valence-electron chi connectivity index (χ3n) is 6.38. The maximum absolute atomic E-state index is 14.4. The van der Waals surface area contributed by atoms with Gasteiger partial charge in [0.2, 0.25) is 5.78 Å². The number of primary amides is 1. The standard InChI is InChI=1S/C24H31ClFN3O4/c1-13-10-19(13)33-22(20(27)16-8-4-5-9-17(16)26)24(32)29-18(21(30)23(28)31)12-14-6-2-3-7-15(25)11-14/h2-5,7,9,13-14,16,18-20,22H,6,8,10-12,27H2,1H3,(H2,28,31)(H,29,32)/t13?,14?,16?,18?,19?,20?,22-/m0/s1. The highest BCUT2D eigenvalue weighted by atomic mass is 35.5. The van der Waals surface area contributed by atoms with Crippen molar-refractivity contribution in [3.8, 4) is 0 Å². The van der Waals surface area contributed by atoms with Crippen molar-refractivity contribution in [2.24, 2.45) is 29.2 Å². The first kappa shape index (κ1) is 25.3. The molecule has 33 heavy (non-hydrogen) atoms. The predicted molar refractivity (Wildman–Crippen MR) is 123 cm³/mol. The Labute approximate surface area is 198 Å². The Morgan fingerprint density at radius 1 is 1.24 bits per heavy atom. The van der Waals surface area contributed by atoms with Crippen LogP contribution >= 0.6 is 11.6 Å². The summed E-state index contributed by atoms with van der Waals surface area (Å²) in [6.07, 6.45) is 11.2. The van der Waals surface area contributed by atoms with E-state index in [4.69, 9.17) is 27.8 Å². The summed E-state index contributed by atoms with van der Waals surface area (Å²) in [4.78, 5) is 37.5. The molecule has 3 aliphatic rings. The number of allylic oxidation sites excluding steroid dienone is 7. The first-order valence-corrected chi connectivity index (χ1v) is 11.6. The van der Waals surface area contributed by atoms with Gasteiger partial charge in [0.25, 0.3) is 11.8 Å². The summed E-state index contributed by atoms with van der Waals surface area (Å²) in [6, 6.07) is -2.13. The molecule has 3 aliphatic carbocycles. The number of rotatable bonds is 10. The molecule has 9 heteroatoms. The van der Waals surface area contributed by atoms with Crippen molar-refractivity contribution in [1.29, 1.82) is 0 Å². The summed E-state index contributed by atoms with van der Waals surface area (Å²) in [5.74, 6) is -3.68. The zero-order valence-electron chi connectivity index (χ0n) is 18.6. The molecular weight excluding hydrogens is 449 g/mol. The van der Waals surface area contributed by atoms with E-state index >= 15 is 0 Å². The number of ether oxygens (including phenoxy) is 1. The molecule has 0 aromatic rings. The van der Waals surface area contributed by atoms with E-state index in [0.29, 0.717) is 24.3 Å². The molecule has 1 saturated carbocycles. The fourth-order valence-corrected chi connectivity index (χ4v) is 4.50. The number of carbonyl (C=O) groups is 3. The molecule has 0 aromatic heterocycles. The number of ketones is 1. The average Bonchev–Trinajstić information content (AvgIpc) is 3.51. The van der Waals surface area contributed by atoms with Gasteiger partial charge in [0.05, 0.1) is 12.1 Å². The Morgan fingerprint density at radius 3 is 2.55 bits per heavy atom. The SMILES string of the molecule is CC1CC1O[C@H](C(=O)NC(CC1CC=CC=C(Cl)C1)C(=O)C(N)=O)C(N)C1CC=CC=C1F. The van der Waals surface area contributed by atoms with Gasteiger partial charge >= 0.3 is 0 Å². The smallest absolute Gasteiger partial charge is 0.287 e. The number of hydrogen-bond donors (Lipinski definition) is 3. The molecule has 0 radical (unpaired) electrons. The number of carbonyl (C=O) groups excluding carboxylic acids is 3. The van der Waals surface area contributed by atoms with Gasteiger partial charge in [0.15, 0.2) is 6.10 Å². The second-order valence-electron chi connectivity index (χ2n) is 9.08. The summed E-state index contributed by atoms with van der Waals surface area (Å²) in [6.45, 7) is 1.98. The van der Waals surface area contributed by atoms with Gasteiger partial charge in [0.1, 0.15) is 5.83 Å². The molecule has 7 atom stereocenters. The molecule has 0 saturated heterocycles. The second-order valence-corrected chi connectivity index (χ2v) is 9.57. The second kappa shape index (κ2) is 11.2. The minimum Gasteiger partial charge on any atom is -0.363 e. The van der Waals surface area contributed by atoms with Gasteiger partial charge in [-0.2, -0.15) is 0 Å². The molecule has 0 bridgehead atoms. The zero-order valence-corrected chi connectivity index (χ0v) is 19.3. The Hall–Kier alpha value is -2.29. The molecule has 0 spiro atoms. The molecule has 2 amide bonds. The molecule has 6 unspecified atom stereocenters. The molecule has 0 heterocycles. The van der Waals surface area contributed by atoms with E-state index < -0.39 is 47.5 Å². The van der Waals surface area contributed by atoms with Gasteiger partial charge < -0.3 is 21.5 Å². The lowest BCUT2D eigenvalue weighted by Gasteiger charge is -2.31. The third kappa shape index (κ3) is 6.85. The molecule has 0 aliphatic heterocycles. The van der Waals surface area contributed by atoms with Crippen LogP contribution < -0.4 is 16.8 Å². The highest BCUT2D eigenvalue weighted by molar-refractivity contribution is 6.37. The lowest BCUT2D eigenvalue weighted by Crippen LogP contribution is -2.56. The van der Waals surface area contributed by atoms with Gasteiger partial charge in [-0.05, 0) is 56.1 Å². The predicted octanol–water partition coefficient (Wildman–Crippen LogP) is 2.56. The molecule has 5 N–H and O–H groups in total. The minimum atomic E-state index is -1.18. The molecule has 0 aromatic carbocycles.